The van der Waals surface area contributed by atoms with Gasteiger partial charge in [0.05, 0.1) is 11.7 Å². The van der Waals surface area contributed by atoms with Crippen LogP contribution in [0.25, 0.3) is 0 Å². The first-order valence-corrected chi connectivity index (χ1v) is 6.92. The van der Waals surface area contributed by atoms with Crippen LogP contribution >= 0.6 is 11.3 Å². The minimum Gasteiger partial charge on any atom is -0.337 e. The molecule has 1 saturated heterocycles. The molecule has 1 fully saturated rings. The fourth-order valence-corrected chi connectivity index (χ4v) is 2.63. The van der Waals surface area contributed by atoms with Gasteiger partial charge in [-0.1, -0.05) is 0 Å². The average molecular weight is 275 g/mol. The van der Waals surface area contributed by atoms with Gasteiger partial charge in [0.1, 0.15) is 4.88 Å². The molecule has 0 N–H and O–H groups in total. The third-order valence-electron chi connectivity index (χ3n) is 3.04. The summed E-state index contributed by atoms with van der Waals surface area (Å²) in [4.78, 5) is 29.2. The Kier molecular flexibility index (Phi) is 3.37. The molecule has 0 radical (unpaired) electrons. The molecule has 3 rings (SSSR count). The lowest BCUT2D eigenvalue weighted by Gasteiger charge is -2.34. The van der Waals surface area contributed by atoms with Gasteiger partial charge in [0, 0.05) is 38.6 Å². The van der Waals surface area contributed by atoms with Gasteiger partial charge >= 0.3 is 0 Å². The highest BCUT2D eigenvalue weighted by molar-refractivity contribution is 7.11. The summed E-state index contributed by atoms with van der Waals surface area (Å²) in [5.74, 6) is 0.795. The normalized spacial score (nSPS) is 15.6. The average Bonchev–Trinajstić information content (AvgIpc) is 3.02. The number of nitrogens with zero attached hydrogens (tertiary/aromatic N) is 5. The second kappa shape index (κ2) is 5.31. The van der Waals surface area contributed by atoms with Crippen LogP contribution in [-0.4, -0.2) is 51.9 Å². The van der Waals surface area contributed by atoms with E-state index in [4.69, 9.17) is 0 Å². The molecule has 0 unspecified atom stereocenters. The highest BCUT2D eigenvalue weighted by Gasteiger charge is 2.23. The lowest BCUT2D eigenvalue weighted by molar-refractivity contribution is 0.0751. The fourth-order valence-electron chi connectivity index (χ4n) is 2.04. The van der Waals surface area contributed by atoms with Gasteiger partial charge in [0.15, 0.2) is 0 Å². The number of amides is 1. The quantitative estimate of drug-likeness (QED) is 0.814. The van der Waals surface area contributed by atoms with Gasteiger partial charge in [0.25, 0.3) is 5.91 Å². The zero-order valence-electron chi connectivity index (χ0n) is 10.3. The predicted octanol–water partition coefficient (Wildman–Crippen LogP) is 0.895. The van der Waals surface area contributed by atoms with Crippen molar-refractivity contribution in [3.05, 3.63) is 35.0 Å². The molecule has 7 heteroatoms. The molecule has 6 nitrogen and oxygen atoms in total. The van der Waals surface area contributed by atoms with Crippen molar-refractivity contribution in [1.29, 1.82) is 0 Å². The van der Waals surface area contributed by atoms with Gasteiger partial charge in [-0.05, 0) is 6.07 Å². The summed E-state index contributed by atoms with van der Waals surface area (Å²) in [5.41, 5.74) is 1.68. The van der Waals surface area contributed by atoms with Crippen molar-refractivity contribution in [2.75, 3.05) is 31.1 Å². The van der Waals surface area contributed by atoms with Crippen LogP contribution in [0.5, 0.6) is 0 Å². The second-order valence-electron chi connectivity index (χ2n) is 4.19. The minimum absolute atomic E-state index is 0.0659. The molecule has 0 saturated carbocycles. The molecule has 1 aliphatic heterocycles. The standard InChI is InChI=1S/C12H13N5OS/c18-11(10-8-13-9-19-10)16-4-6-17(7-5-16)12-14-2-1-3-15-12/h1-3,8-9H,4-7H2. The van der Waals surface area contributed by atoms with Gasteiger partial charge in [-0.25, -0.2) is 9.97 Å². The molecule has 98 valence electrons. The van der Waals surface area contributed by atoms with Crippen molar-refractivity contribution in [2.24, 2.45) is 0 Å². The number of thiazole rings is 1. The summed E-state index contributed by atoms with van der Waals surface area (Å²) < 4.78 is 0. The summed E-state index contributed by atoms with van der Waals surface area (Å²) in [5, 5.41) is 0. The molecule has 0 spiro atoms. The van der Waals surface area contributed by atoms with E-state index in [1.54, 1.807) is 30.2 Å². The highest BCUT2D eigenvalue weighted by Crippen LogP contribution is 2.14. The maximum atomic E-state index is 12.2. The molecule has 1 aliphatic rings. The largest absolute Gasteiger partial charge is 0.337 e. The van der Waals surface area contributed by atoms with E-state index >= 15 is 0 Å². The first-order chi connectivity index (χ1) is 9.34. The molecule has 2 aromatic rings. The van der Waals surface area contributed by atoms with Gasteiger partial charge in [-0.15, -0.1) is 11.3 Å². The molecule has 19 heavy (non-hydrogen) atoms. The van der Waals surface area contributed by atoms with Crippen molar-refractivity contribution in [3.63, 3.8) is 0 Å². The van der Waals surface area contributed by atoms with Crippen molar-refractivity contribution in [2.45, 2.75) is 0 Å². The Morgan fingerprint density at radius 3 is 2.53 bits per heavy atom. The van der Waals surface area contributed by atoms with E-state index in [9.17, 15) is 4.79 Å². The highest BCUT2D eigenvalue weighted by atomic mass is 32.1. The number of carbonyl (C=O) groups excluding carboxylic acids is 1. The van der Waals surface area contributed by atoms with Gasteiger partial charge in [-0.3, -0.25) is 9.78 Å². The van der Waals surface area contributed by atoms with Crippen LogP contribution in [-0.2, 0) is 0 Å². The van der Waals surface area contributed by atoms with Crippen LogP contribution in [0, 0.1) is 0 Å². The fraction of sp³-hybridized carbons (Fsp3) is 0.333. The number of anilines is 1. The summed E-state index contributed by atoms with van der Waals surface area (Å²) in [6.07, 6.45) is 5.09. The van der Waals surface area contributed by atoms with Crippen LogP contribution in [0.1, 0.15) is 9.67 Å². The van der Waals surface area contributed by atoms with Crippen molar-refractivity contribution < 1.29 is 4.79 Å². The number of aromatic nitrogens is 3. The number of hydrogen-bond donors (Lipinski definition) is 0. The van der Waals surface area contributed by atoms with E-state index in [1.807, 2.05) is 4.90 Å². The zero-order valence-corrected chi connectivity index (χ0v) is 11.1. The zero-order chi connectivity index (χ0) is 13.1. The maximum absolute atomic E-state index is 12.2. The predicted molar refractivity (Wildman–Crippen MR) is 72.3 cm³/mol. The Bertz CT molecular complexity index is 537. The second-order valence-corrected chi connectivity index (χ2v) is 5.08. The molecule has 2 aromatic heterocycles. The molecular weight excluding hydrogens is 262 g/mol. The summed E-state index contributed by atoms with van der Waals surface area (Å²) in [7, 11) is 0. The number of hydrogen-bond acceptors (Lipinski definition) is 6. The maximum Gasteiger partial charge on any atom is 0.265 e. The number of rotatable bonds is 2. The number of carbonyl (C=O) groups is 1. The monoisotopic (exact) mass is 275 g/mol. The third kappa shape index (κ3) is 2.55. The Hall–Kier alpha value is -2.02. The summed E-state index contributed by atoms with van der Waals surface area (Å²) >= 11 is 1.38. The van der Waals surface area contributed by atoms with Crippen LogP contribution in [0.2, 0.25) is 0 Å². The minimum atomic E-state index is 0.0659. The van der Waals surface area contributed by atoms with Crippen molar-refractivity contribution >= 4 is 23.2 Å². The first kappa shape index (κ1) is 12.0. The molecular formula is C12H13N5OS. The smallest absolute Gasteiger partial charge is 0.265 e. The van der Waals surface area contributed by atoms with Crippen LogP contribution in [0.4, 0.5) is 5.95 Å². The lowest BCUT2D eigenvalue weighted by atomic mass is 10.3. The molecule has 0 aliphatic carbocycles. The van der Waals surface area contributed by atoms with Gasteiger partial charge in [-0.2, -0.15) is 0 Å². The SMILES string of the molecule is O=C(c1cncs1)N1CCN(c2ncccn2)CC1. The van der Waals surface area contributed by atoms with Crippen molar-refractivity contribution in [3.8, 4) is 0 Å². The Morgan fingerprint density at radius 1 is 1.16 bits per heavy atom. The van der Waals surface area contributed by atoms with E-state index in [2.05, 4.69) is 19.9 Å². The Morgan fingerprint density at radius 2 is 1.89 bits per heavy atom. The summed E-state index contributed by atoms with van der Waals surface area (Å²) in [6.45, 7) is 2.90. The van der Waals surface area contributed by atoms with E-state index in [-0.39, 0.29) is 5.91 Å². The van der Waals surface area contributed by atoms with Gasteiger partial charge < -0.3 is 9.80 Å². The molecule has 0 aromatic carbocycles. The lowest BCUT2D eigenvalue weighted by Crippen LogP contribution is -2.49. The molecule has 0 bridgehead atoms. The van der Waals surface area contributed by atoms with Crippen molar-refractivity contribution in [1.82, 2.24) is 19.9 Å². The van der Waals surface area contributed by atoms with Crippen LogP contribution in [0.15, 0.2) is 30.2 Å². The van der Waals surface area contributed by atoms with E-state index < -0.39 is 0 Å². The third-order valence-corrected chi connectivity index (χ3v) is 3.81. The first-order valence-electron chi connectivity index (χ1n) is 6.04. The van der Waals surface area contributed by atoms with Crippen LogP contribution < -0.4 is 4.90 Å². The molecule has 1 amide bonds. The Labute approximate surface area is 114 Å². The molecule has 3 heterocycles. The van der Waals surface area contributed by atoms with E-state index in [0.717, 1.165) is 19.0 Å². The summed E-state index contributed by atoms with van der Waals surface area (Å²) in [6, 6.07) is 1.80. The Balaban J connectivity index is 1.62. The van der Waals surface area contributed by atoms with Gasteiger partial charge in [0.2, 0.25) is 5.95 Å². The van der Waals surface area contributed by atoms with E-state index in [0.29, 0.717) is 18.0 Å². The van der Waals surface area contributed by atoms with E-state index in [1.165, 1.54) is 11.3 Å². The van der Waals surface area contributed by atoms with Crippen LogP contribution in [0.3, 0.4) is 0 Å². The molecule has 0 atom stereocenters. The number of piperazine rings is 1. The topological polar surface area (TPSA) is 62.2 Å².